The summed E-state index contributed by atoms with van der Waals surface area (Å²) in [5, 5.41) is 0.616. The van der Waals surface area contributed by atoms with Gasteiger partial charge in [-0.15, -0.1) is 0 Å². The standard InChI is InChI=1S/C30H30N2O7S/c1-6-37-29(35)27-17(4)31-30(40-27)32-24(18-11-12-21(22(15-18)36-5)38-14-13-16(2)3)23-25(33)19-9-7-8-10-20(19)39-26(23)28(32)34/h7-12,15-16,24H,6,13-14H2,1-5H3. The molecule has 9 nitrogen and oxygen atoms in total. The van der Waals surface area contributed by atoms with Gasteiger partial charge in [0, 0.05) is 0 Å². The van der Waals surface area contributed by atoms with Crippen LogP contribution in [-0.2, 0) is 4.74 Å². The van der Waals surface area contributed by atoms with Gasteiger partial charge in [0.2, 0.25) is 5.76 Å². The molecule has 1 aliphatic heterocycles. The molecule has 0 saturated carbocycles. The van der Waals surface area contributed by atoms with Crippen molar-refractivity contribution in [2.24, 2.45) is 5.92 Å². The molecule has 4 aromatic rings. The minimum Gasteiger partial charge on any atom is -0.493 e. The van der Waals surface area contributed by atoms with E-state index >= 15 is 0 Å². The van der Waals surface area contributed by atoms with Crippen LogP contribution in [0.1, 0.15) is 70.3 Å². The van der Waals surface area contributed by atoms with Crippen molar-refractivity contribution >= 4 is 39.3 Å². The smallest absolute Gasteiger partial charge is 0.350 e. The Kier molecular flexibility index (Phi) is 7.62. The second-order valence-electron chi connectivity index (χ2n) is 9.82. The van der Waals surface area contributed by atoms with E-state index in [2.05, 4.69) is 18.8 Å². The Morgan fingerprint density at radius 2 is 1.93 bits per heavy atom. The number of carbonyl (C=O) groups is 2. The van der Waals surface area contributed by atoms with Gasteiger partial charge in [0.1, 0.15) is 10.5 Å². The van der Waals surface area contributed by atoms with Gasteiger partial charge in [0.15, 0.2) is 22.1 Å². The number of rotatable bonds is 9. The highest BCUT2D eigenvalue weighted by molar-refractivity contribution is 7.17. The number of carbonyl (C=O) groups excluding carboxylic acids is 2. The molecule has 1 unspecified atom stereocenters. The monoisotopic (exact) mass is 562 g/mol. The number of benzene rings is 2. The van der Waals surface area contributed by atoms with Crippen molar-refractivity contribution in [3.63, 3.8) is 0 Å². The van der Waals surface area contributed by atoms with E-state index in [0.717, 1.165) is 17.8 Å². The molecular weight excluding hydrogens is 532 g/mol. The van der Waals surface area contributed by atoms with Gasteiger partial charge in [-0.3, -0.25) is 14.5 Å². The van der Waals surface area contributed by atoms with Gasteiger partial charge in [-0.05, 0) is 56.0 Å². The van der Waals surface area contributed by atoms with Gasteiger partial charge < -0.3 is 18.6 Å². The predicted octanol–water partition coefficient (Wildman–Crippen LogP) is 5.92. The molecule has 0 N–H and O–H groups in total. The van der Waals surface area contributed by atoms with E-state index < -0.39 is 17.9 Å². The third-order valence-corrected chi connectivity index (χ3v) is 7.82. The summed E-state index contributed by atoms with van der Waals surface area (Å²) in [5.41, 5.74) is 1.23. The number of para-hydroxylation sites is 1. The fourth-order valence-corrected chi connectivity index (χ4v) is 5.67. The Morgan fingerprint density at radius 1 is 1.15 bits per heavy atom. The van der Waals surface area contributed by atoms with Crippen LogP contribution in [0.3, 0.4) is 0 Å². The highest BCUT2D eigenvalue weighted by Gasteiger charge is 2.45. The van der Waals surface area contributed by atoms with E-state index in [-0.39, 0.29) is 33.4 Å². The van der Waals surface area contributed by atoms with Crippen molar-refractivity contribution in [2.45, 2.75) is 40.2 Å². The zero-order valence-corrected chi connectivity index (χ0v) is 23.8. The summed E-state index contributed by atoms with van der Waals surface area (Å²) in [6, 6.07) is 11.3. The molecule has 0 bridgehead atoms. The predicted molar refractivity (Wildman–Crippen MR) is 152 cm³/mol. The normalized spacial score (nSPS) is 14.6. The van der Waals surface area contributed by atoms with Crippen LogP contribution in [0.4, 0.5) is 5.13 Å². The number of fused-ring (bicyclic) bond motifs is 2. The highest BCUT2D eigenvalue weighted by Crippen LogP contribution is 2.44. The summed E-state index contributed by atoms with van der Waals surface area (Å²) < 4.78 is 22.8. The van der Waals surface area contributed by atoms with Crippen LogP contribution < -0.4 is 19.8 Å². The van der Waals surface area contributed by atoms with E-state index in [1.165, 1.54) is 12.0 Å². The number of amides is 1. The number of nitrogens with zero attached hydrogens (tertiary/aromatic N) is 2. The van der Waals surface area contributed by atoms with Gasteiger partial charge >= 0.3 is 5.97 Å². The molecule has 208 valence electrons. The minimum atomic E-state index is -0.873. The Hall–Kier alpha value is -4.18. The van der Waals surface area contributed by atoms with Crippen LogP contribution in [0, 0.1) is 12.8 Å². The van der Waals surface area contributed by atoms with Crippen LogP contribution in [0.2, 0.25) is 0 Å². The molecule has 2 aromatic heterocycles. The lowest BCUT2D eigenvalue weighted by Gasteiger charge is -2.23. The fraction of sp³-hybridized carbons (Fsp3) is 0.333. The largest absolute Gasteiger partial charge is 0.493 e. The number of aromatic nitrogens is 1. The van der Waals surface area contributed by atoms with Crippen LogP contribution in [-0.4, -0.2) is 37.2 Å². The minimum absolute atomic E-state index is 0.0598. The van der Waals surface area contributed by atoms with Crippen molar-refractivity contribution in [2.75, 3.05) is 25.2 Å². The summed E-state index contributed by atoms with van der Waals surface area (Å²) in [7, 11) is 1.54. The van der Waals surface area contributed by atoms with E-state index in [1.807, 2.05) is 0 Å². The second kappa shape index (κ2) is 11.1. The van der Waals surface area contributed by atoms with Gasteiger partial charge in [0.05, 0.1) is 43.0 Å². The Balaban J connectivity index is 1.67. The van der Waals surface area contributed by atoms with Crippen molar-refractivity contribution in [1.82, 2.24) is 4.98 Å². The maximum Gasteiger partial charge on any atom is 0.350 e. The molecule has 1 atom stereocenters. The summed E-state index contributed by atoms with van der Waals surface area (Å²) in [4.78, 5) is 46.5. The van der Waals surface area contributed by atoms with Crippen molar-refractivity contribution in [3.8, 4) is 11.5 Å². The first-order valence-electron chi connectivity index (χ1n) is 13.1. The van der Waals surface area contributed by atoms with E-state index in [1.54, 1.807) is 56.3 Å². The third kappa shape index (κ3) is 4.83. The fourth-order valence-electron chi connectivity index (χ4n) is 4.68. The summed E-state index contributed by atoms with van der Waals surface area (Å²) in [6.45, 7) is 8.37. The first-order valence-corrected chi connectivity index (χ1v) is 13.9. The van der Waals surface area contributed by atoms with E-state index in [0.29, 0.717) is 46.3 Å². The molecule has 0 aliphatic carbocycles. The summed E-state index contributed by atoms with van der Waals surface area (Å²) in [5.74, 6) is 0.404. The summed E-state index contributed by atoms with van der Waals surface area (Å²) >= 11 is 1.03. The van der Waals surface area contributed by atoms with Crippen molar-refractivity contribution < 1.29 is 28.2 Å². The number of methoxy groups -OCH3 is 1. The molecule has 2 aromatic carbocycles. The van der Waals surface area contributed by atoms with E-state index in [4.69, 9.17) is 18.6 Å². The van der Waals surface area contributed by atoms with Gasteiger partial charge in [-0.2, -0.15) is 0 Å². The quantitative estimate of drug-likeness (QED) is 0.231. The molecule has 1 aliphatic rings. The lowest BCUT2D eigenvalue weighted by molar-refractivity contribution is 0.0531. The van der Waals surface area contributed by atoms with Crippen LogP contribution >= 0.6 is 11.3 Å². The molecule has 0 saturated heterocycles. The van der Waals surface area contributed by atoms with Crippen molar-refractivity contribution in [1.29, 1.82) is 0 Å². The number of ether oxygens (including phenoxy) is 3. The Bertz CT molecular complexity index is 1660. The van der Waals surface area contributed by atoms with Crippen molar-refractivity contribution in [3.05, 3.63) is 80.1 Å². The maximum atomic E-state index is 13.9. The molecule has 0 fully saturated rings. The number of esters is 1. The number of anilines is 1. The average molecular weight is 563 g/mol. The van der Waals surface area contributed by atoms with Gasteiger partial charge in [-0.1, -0.05) is 43.4 Å². The molecular formula is C30H30N2O7S. The first kappa shape index (κ1) is 27.4. The summed E-state index contributed by atoms with van der Waals surface area (Å²) in [6.07, 6.45) is 0.878. The zero-order valence-electron chi connectivity index (χ0n) is 23.0. The Labute approximate surface area is 235 Å². The molecule has 0 spiro atoms. The molecule has 3 heterocycles. The molecule has 0 radical (unpaired) electrons. The number of hydrogen-bond acceptors (Lipinski definition) is 9. The Morgan fingerprint density at radius 3 is 2.65 bits per heavy atom. The lowest BCUT2D eigenvalue weighted by atomic mass is 9.98. The van der Waals surface area contributed by atoms with Crippen LogP contribution in [0.5, 0.6) is 11.5 Å². The van der Waals surface area contributed by atoms with Gasteiger partial charge in [-0.25, -0.2) is 9.78 Å². The molecule has 40 heavy (non-hydrogen) atoms. The SMILES string of the molecule is CCOC(=O)c1sc(N2C(=O)c3oc4ccccc4c(=O)c3C2c2ccc(OCCC(C)C)c(OC)c2)nc1C. The molecule has 10 heteroatoms. The number of hydrogen-bond donors (Lipinski definition) is 0. The van der Waals surface area contributed by atoms with E-state index in [9.17, 15) is 14.4 Å². The topological polar surface area (TPSA) is 108 Å². The molecule has 5 rings (SSSR count). The number of aryl methyl sites for hydroxylation is 1. The van der Waals surface area contributed by atoms with Crippen LogP contribution in [0.25, 0.3) is 11.0 Å². The first-order chi connectivity index (χ1) is 19.2. The number of thiazole rings is 1. The molecule has 1 amide bonds. The highest BCUT2D eigenvalue weighted by atomic mass is 32.1. The zero-order chi connectivity index (χ0) is 28.6. The second-order valence-corrected chi connectivity index (χ2v) is 10.8. The third-order valence-electron chi connectivity index (χ3n) is 6.69. The van der Waals surface area contributed by atoms with Crippen LogP contribution in [0.15, 0.2) is 51.7 Å². The van der Waals surface area contributed by atoms with Gasteiger partial charge in [0.25, 0.3) is 5.91 Å². The average Bonchev–Trinajstić information content (AvgIpc) is 3.46. The maximum absolute atomic E-state index is 13.9. The lowest BCUT2D eigenvalue weighted by Crippen LogP contribution is -2.29.